The second-order valence-electron chi connectivity index (χ2n) is 6.77. The summed E-state index contributed by atoms with van der Waals surface area (Å²) in [6.45, 7) is 7.60. The van der Waals surface area contributed by atoms with E-state index in [1.807, 2.05) is 6.07 Å². The van der Waals surface area contributed by atoms with Crippen LogP contribution in [0.4, 0.5) is 0 Å². The molecule has 0 radical (unpaired) electrons. The minimum absolute atomic E-state index is 1.01. The molecule has 0 spiro atoms. The van der Waals surface area contributed by atoms with Crippen molar-refractivity contribution in [3.05, 3.63) is 76.9 Å². The predicted molar refractivity (Wildman–Crippen MR) is 107 cm³/mol. The van der Waals surface area contributed by atoms with E-state index in [1.54, 1.807) is 6.08 Å². The van der Waals surface area contributed by atoms with E-state index >= 15 is 0 Å². The van der Waals surface area contributed by atoms with E-state index in [0.29, 0.717) is 0 Å². The maximum absolute atomic E-state index is 9.37. The van der Waals surface area contributed by atoms with Gasteiger partial charge in [0.2, 0.25) is 0 Å². The van der Waals surface area contributed by atoms with Gasteiger partial charge in [0.25, 0.3) is 0 Å². The zero-order chi connectivity index (χ0) is 17.9. The molecular weight excluding hydrogens is 318 g/mol. The van der Waals surface area contributed by atoms with Gasteiger partial charge in [-0.05, 0) is 29.3 Å². The first kappa shape index (κ1) is 16.6. The number of hydrogen-bond donors (Lipinski definition) is 0. The molecule has 130 valence electrons. The van der Waals surface area contributed by atoms with Crippen LogP contribution in [0.25, 0.3) is 17.3 Å². The molecule has 1 fully saturated rings. The Hall–Kier alpha value is -2.83. The number of rotatable bonds is 2. The number of allylic oxidation sites excluding steroid dienone is 1. The third-order valence-corrected chi connectivity index (χ3v) is 5.41. The monoisotopic (exact) mass is 341 g/mol. The molecule has 0 saturated carbocycles. The Morgan fingerprint density at radius 1 is 0.923 bits per heavy atom. The zero-order valence-electron chi connectivity index (χ0n) is 15.2. The van der Waals surface area contributed by atoms with Gasteiger partial charge in [-0.25, -0.2) is 0 Å². The Kier molecular flexibility index (Phi) is 4.60. The molecule has 1 aliphatic carbocycles. The summed E-state index contributed by atoms with van der Waals surface area (Å²) in [6.07, 6.45) is 3.98. The highest BCUT2D eigenvalue weighted by molar-refractivity contribution is 5.98. The van der Waals surface area contributed by atoms with Crippen LogP contribution in [0.3, 0.4) is 0 Å². The van der Waals surface area contributed by atoms with Gasteiger partial charge in [0.15, 0.2) is 0 Å². The number of fused-ring (bicyclic) bond motifs is 2. The number of nitriles is 1. The minimum Gasteiger partial charge on any atom is -0.368 e. The van der Waals surface area contributed by atoms with E-state index in [2.05, 4.69) is 71.3 Å². The van der Waals surface area contributed by atoms with Crippen molar-refractivity contribution in [1.82, 2.24) is 9.80 Å². The van der Waals surface area contributed by atoms with Crippen molar-refractivity contribution >= 4 is 17.3 Å². The highest BCUT2D eigenvalue weighted by atomic mass is 15.3. The summed E-state index contributed by atoms with van der Waals surface area (Å²) in [6, 6.07) is 19.1. The van der Waals surface area contributed by atoms with Crippen molar-refractivity contribution in [2.45, 2.75) is 6.92 Å². The fraction of sp³-hybridized carbons (Fsp3) is 0.261. The van der Waals surface area contributed by atoms with Gasteiger partial charge in [0.1, 0.15) is 0 Å². The molecule has 2 aliphatic rings. The van der Waals surface area contributed by atoms with Gasteiger partial charge >= 0.3 is 0 Å². The van der Waals surface area contributed by atoms with Gasteiger partial charge in [-0.2, -0.15) is 5.26 Å². The van der Waals surface area contributed by atoms with Crippen molar-refractivity contribution in [2.24, 2.45) is 0 Å². The first-order valence-electron chi connectivity index (χ1n) is 9.29. The molecular formula is C23H23N3. The van der Waals surface area contributed by atoms with Gasteiger partial charge < -0.3 is 9.80 Å². The summed E-state index contributed by atoms with van der Waals surface area (Å²) < 4.78 is 0. The molecule has 3 nitrogen and oxygen atoms in total. The van der Waals surface area contributed by atoms with Crippen LogP contribution in [0.1, 0.15) is 29.2 Å². The second kappa shape index (κ2) is 7.19. The topological polar surface area (TPSA) is 30.3 Å². The number of likely N-dealkylation sites (N-methyl/N-ethyl adjacent to an activating group) is 1. The van der Waals surface area contributed by atoms with Crippen LogP contribution in [0.15, 0.2) is 54.6 Å². The molecule has 0 amide bonds. The quantitative estimate of drug-likeness (QED) is 0.771. The molecule has 1 saturated heterocycles. The molecule has 0 N–H and O–H groups in total. The number of benzene rings is 2. The van der Waals surface area contributed by atoms with Gasteiger partial charge in [0, 0.05) is 49.1 Å². The van der Waals surface area contributed by atoms with E-state index in [0.717, 1.165) is 49.4 Å². The molecule has 0 atom stereocenters. The fourth-order valence-corrected chi connectivity index (χ4v) is 3.97. The van der Waals surface area contributed by atoms with Crippen molar-refractivity contribution < 1.29 is 0 Å². The predicted octanol–water partition coefficient (Wildman–Crippen LogP) is 4.09. The van der Waals surface area contributed by atoms with Crippen LogP contribution in [0.2, 0.25) is 0 Å². The van der Waals surface area contributed by atoms with E-state index in [9.17, 15) is 5.26 Å². The molecule has 0 aromatic heterocycles. The average molecular weight is 341 g/mol. The smallest absolute Gasteiger partial charge is 0.0918 e. The Morgan fingerprint density at radius 2 is 1.58 bits per heavy atom. The number of nitrogens with zero attached hydrogens (tertiary/aromatic N) is 3. The number of hydrogen-bond acceptors (Lipinski definition) is 3. The third-order valence-electron chi connectivity index (χ3n) is 5.41. The van der Waals surface area contributed by atoms with Crippen LogP contribution >= 0.6 is 0 Å². The van der Waals surface area contributed by atoms with Gasteiger partial charge in [-0.1, -0.05) is 55.5 Å². The van der Waals surface area contributed by atoms with Gasteiger partial charge in [-0.15, -0.1) is 0 Å². The molecule has 1 aliphatic heterocycles. The molecule has 2 aromatic rings. The van der Waals surface area contributed by atoms with E-state index < -0.39 is 0 Å². The Balaban J connectivity index is 1.87. The molecule has 2 aromatic carbocycles. The van der Waals surface area contributed by atoms with E-state index in [4.69, 9.17) is 0 Å². The fourth-order valence-electron chi connectivity index (χ4n) is 3.97. The Morgan fingerprint density at radius 3 is 2.27 bits per heavy atom. The normalized spacial score (nSPS) is 18.5. The van der Waals surface area contributed by atoms with Crippen molar-refractivity contribution in [1.29, 1.82) is 5.26 Å². The molecule has 3 heteroatoms. The lowest BCUT2D eigenvalue weighted by Crippen LogP contribution is -2.45. The van der Waals surface area contributed by atoms with Gasteiger partial charge in [-0.3, -0.25) is 0 Å². The van der Waals surface area contributed by atoms with E-state index in [-0.39, 0.29) is 0 Å². The zero-order valence-corrected chi connectivity index (χ0v) is 15.2. The van der Waals surface area contributed by atoms with Crippen molar-refractivity contribution in [3.8, 4) is 6.07 Å². The third kappa shape index (κ3) is 2.94. The highest BCUT2D eigenvalue weighted by Crippen LogP contribution is 2.38. The average Bonchev–Trinajstić information content (AvgIpc) is 2.84. The van der Waals surface area contributed by atoms with Crippen molar-refractivity contribution in [3.63, 3.8) is 0 Å². The second-order valence-corrected chi connectivity index (χ2v) is 6.77. The summed E-state index contributed by atoms with van der Waals surface area (Å²) in [5.74, 6) is 0. The Bertz CT molecular complexity index is 909. The van der Waals surface area contributed by atoms with E-state index in [1.165, 1.54) is 16.8 Å². The lowest BCUT2D eigenvalue weighted by molar-refractivity contribution is 0.183. The van der Waals surface area contributed by atoms with Crippen LogP contribution < -0.4 is 0 Å². The van der Waals surface area contributed by atoms with Crippen LogP contribution in [0.5, 0.6) is 0 Å². The lowest BCUT2D eigenvalue weighted by Gasteiger charge is -2.37. The summed E-state index contributed by atoms with van der Waals surface area (Å²) in [4.78, 5) is 4.99. The maximum Gasteiger partial charge on any atom is 0.0918 e. The summed E-state index contributed by atoms with van der Waals surface area (Å²) in [5.41, 5.74) is 6.95. The van der Waals surface area contributed by atoms with Crippen LogP contribution in [-0.2, 0) is 0 Å². The SMILES string of the molecule is CCN1CCN(C2=Cc3ccccc3/C(=C\C#N)c3ccccc32)CC1. The molecule has 1 heterocycles. The molecule has 0 bridgehead atoms. The molecule has 0 unspecified atom stereocenters. The largest absolute Gasteiger partial charge is 0.368 e. The first-order chi connectivity index (χ1) is 12.8. The Labute approximate surface area is 155 Å². The van der Waals surface area contributed by atoms with Crippen LogP contribution in [0, 0.1) is 11.3 Å². The minimum atomic E-state index is 1.01. The highest BCUT2D eigenvalue weighted by Gasteiger charge is 2.24. The molecule has 26 heavy (non-hydrogen) atoms. The maximum atomic E-state index is 9.37. The van der Waals surface area contributed by atoms with Crippen molar-refractivity contribution in [2.75, 3.05) is 32.7 Å². The lowest BCUT2D eigenvalue weighted by atomic mass is 9.93. The standard InChI is InChI=1S/C23H23N3/c1-2-25-13-15-26(16-14-25)23-17-18-7-3-4-8-19(18)21(11-12-24)20-9-5-6-10-22(20)23/h3-11,17H,2,13-16H2,1H3/b21-11+. The molecule has 4 rings (SSSR count). The number of piperazine rings is 1. The first-order valence-corrected chi connectivity index (χ1v) is 9.29. The van der Waals surface area contributed by atoms with Crippen LogP contribution in [-0.4, -0.2) is 42.5 Å². The summed E-state index contributed by atoms with van der Waals surface area (Å²) >= 11 is 0. The summed E-state index contributed by atoms with van der Waals surface area (Å²) in [7, 11) is 0. The summed E-state index contributed by atoms with van der Waals surface area (Å²) in [5, 5.41) is 9.37. The van der Waals surface area contributed by atoms with Gasteiger partial charge in [0.05, 0.1) is 6.07 Å².